The molecular weight excluding hydrogens is 295 g/mol. The number of hydrogen-bond donors (Lipinski definition) is 1. The Morgan fingerprint density at radius 1 is 1.55 bits per heavy atom. The first-order chi connectivity index (χ1) is 9.27. The predicted molar refractivity (Wildman–Crippen MR) is 65.6 cm³/mol. The number of alkyl halides is 3. The second-order valence-corrected chi connectivity index (χ2v) is 5.54. The SMILES string of the molecule is CC(CC(=O)O)Sc1nccn2nc(C(F)(F)F)cc12. The molecule has 0 spiro atoms. The molecule has 2 aromatic rings. The number of fused-ring (bicyclic) bond motifs is 1. The summed E-state index contributed by atoms with van der Waals surface area (Å²) in [6, 6.07) is 0.906. The van der Waals surface area contributed by atoms with Crippen LogP contribution in [0.1, 0.15) is 19.0 Å². The Labute approximate surface area is 115 Å². The molecule has 1 atom stereocenters. The van der Waals surface area contributed by atoms with E-state index in [1.165, 1.54) is 12.4 Å². The number of carboxylic acids is 1. The second kappa shape index (κ2) is 5.31. The molecule has 0 amide bonds. The van der Waals surface area contributed by atoms with Gasteiger partial charge in [0.05, 0.1) is 11.9 Å². The molecule has 108 valence electrons. The van der Waals surface area contributed by atoms with Gasteiger partial charge in [-0.2, -0.15) is 18.3 Å². The quantitative estimate of drug-likeness (QED) is 0.880. The lowest BCUT2D eigenvalue weighted by Crippen LogP contribution is -2.06. The van der Waals surface area contributed by atoms with Crippen LogP contribution in [0.5, 0.6) is 0 Å². The fourth-order valence-corrected chi connectivity index (χ4v) is 2.61. The van der Waals surface area contributed by atoms with Crippen LogP contribution in [0.25, 0.3) is 5.52 Å². The first kappa shape index (κ1) is 14.6. The molecule has 0 aliphatic carbocycles. The maximum atomic E-state index is 12.6. The highest BCUT2D eigenvalue weighted by molar-refractivity contribution is 8.00. The van der Waals surface area contributed by atoms with Gasteiger partial charge in [-0.05, 0) is 6.07 Å². The summed E-state index contributed by atoms with van der Waals surface area (Å²) in [7, 11) is 0. The van der Waals surface area contributed by atoms with Crippen LogP contribution in [-0.4, -0.2) is 30.9 Å². The Kier molecular flexibility index (Phi) is 3.89. The highest BCUT2D eigenvalue weighted by Crippen LogP contribution is 2.32. The Hall–Kier alpha value is -1.77. The normalized spacial score (nSPS) is 13.6. The molecule has 0 aliphatic heterocycles. The molecule has 1 N–H and O–H groups in total. The van der Waals surface area contributed by atoms with E-state index in [0.29, 0.717) is 5.03 Å². The summed E-state index contributed by atoms with van der Waals surface area (Å²) < 4.78 is 38.9. The van der Waals surface area contributed by atoms with Gasteiger partial charge in [-0.1, -0.05) is 6.92 Å². The Morgan fingerprint density at radius 2 is 2.25 bits per heavy atom. The minimum absolute atomic E-state index is 0.104. The summed E-state index contributed by atoms with van der Waals surface area (Å²) in [5.41, 5.74) is -0.791. The van der Waals surface area contributed by atoms with Gasteiger partial charge in [-0.25, -0.2) is 9.50 Å². The summed E-state index contributed by atoms with van der Waals surface area (Å²) in [6.45, 7) is 1.67. The average Bonchev–Trinajstić information content (AvgIpc) is 2.72. The van der Waals surface area contributed by atoms with E-state index in [0.717, 1.165) is 22.3 Å². The van der Waals surface area contributed by atoms with E-state index in [9.17, 15) is 18.0 Å². The van der Waals surface area contributed by atoms with Gasteiger partial charge in [-0.3, -0.25) is 4.79 Å². The largest absolute Gasteiger partial charge is 0.481 e. The lowest BCUT2D eigenvalue weighted by atomic mass is 10.3. The molecule has 0 aromatic carbocycles. The predicted octanol–water partition coefficient (Wildman–Crippen LogP) is 2.70. The highest BCUT2D eigenvalue weighted by Gasteiger charge is 2.34. The van der Waals surface area contributed by atoms with E-state index in [2.05, 4.69) is 10.1 Å². The van der Waals surface area contributed by atoms with Crippen molar-refractivity contribution in [1.82, 2.24) is 14.6 Å². The number of carboxylic acid groups (broad SMARTS) is 1. The van der Waals surface area contributed by atoms with Gasteiger partial charge in [-0.15, -0.1) is 11.8 Å². The molecule has 5 nitrogen and oxygen atoms in total. The van der Waals surface area contributed by atoms with Crippen molar-refractivity contribution in [3.8, 4) is 0 Å². The number of halogens is 3. The van der Waals surface area contributed by atoms with Crippen LogP contribution in [0, 0.1) is 0 Å². The Bertz CT molecular complexity index is 641. The van der Waals surface area contributed by atoms with Crippen molar-refractivity contribution < 1.29 is 23.1 Å². The van der Waals surface area contributed by atoms with Crippen LogP contribution in [0.2, 0.25) is 0 Å². The van der Waals surface area contributed by atoms with Crippen molar-refractivity contribution in [3.63, 3.8) is 0 Å². The lowest BCUT2D eigenvalue weighted by molar-refractivity contribution is -0.141. The zero-order valence-corrected chi connectivity index (χ0v) is 11.1. The Balaban J connectivity index is 2.34. The number of rotatable bonds is 4. The van der Waals surface area contributed by atoms with Gasteiger partial charge in [0.1, 0.15) is 5.03 Å². The number of carbonyl (C=O) groups is 1. The molecule has 20 heavy (non-hydrogen) atoms. The maximum absolute atomic E-state index is 12.6. The zero-order chi connectivity index (χ0) is 14.9. The smallest absolute Gasteiger partial charge is 0.435 e. The molecule has 0 saturated carbocycles. The topological polar surface area (TPSA) is 67.5 Å². The number of aromatic nitrogens is 3. The number of aliphatic carboxylic acids is 1. The third-order valence-corrected chi connectivity index (χ3v) is 3.53. The molecule has 0 saturated heterocycles. The summed E-state index contributed by atoms with van der Waals surface area (Å²) >= 11 is 1.11. The molecular formula is C11H10F3N3O2S. The summed E-state index contributed by atoms with van der Waals surface area (Å²) in [5, 5.41) is 12.1. The Morgan fingerprint density at radius 3 is 2.85 bits per heavy atom. The molecule has 0 fully saturated rings. The first-order valence-corrected chi connectivity index (χ1v) is 6.45. The van der Waals surface area contributed by atoms with Crippen molar-refractivity contribution in [1.29, 1.82) is 0 Å². The minimum Gasteiger partial charge on any atom is -0.481 e. The standard InChI is InChI=1S/C11H10F3N3O2S/c1-6(4-9(18)19)20-10-7-5-8(11(12,13)14)16-17(7)3-2-15-10/h2-3,5-6H,4H2,1H3,(H,18,19). The van der Waals surface area contributed by atoms with Gasteiger partial charge in [0, 0.05) is 17.6 Å². The highest BCUT2D eigenvalue weighted by atomic mass is 32.2. The third-order valence-electron chi connectivity index (χ3n) is 2.42. The van der Waals surface area contributed by atoms with Crippen molar-refractivity contribution in [2.75, 3.05) is 0 Å². The number of thioether (sulfide) groups is 1. The van der Waals surface area contributed by atoms with Crippen molar-refractivity contribution in [3.05, 3.63) is 24.2 Å². The van der Waals surface area contributed by atoms with Crippen LogP contribution >= 0.6 is 11.8 Å². The summed E-state index contributed by atoms with van der Waals surface area (Å²) in [4.78, 5) is 14.6. The summed E-state index contributed by atoms with van der Waals surface area (Å²) in [5.74, 6) is -0.971. The van der Waals surface area contributed by atoms with Crippen LogP contribution in [0.3, 0.4) is 0 Å². The number of nitrogens with zero attached hydrogens (tertiary/aromatic N) is 3. The average molecular weight is 305 g/mol. The molecule has 9 heteroatoms. The van der Waals surface area contributed by atoms with E-state index in [4.69, 9.17) is 5.11 Å². The zero-order valence-electron chi connectivity index (χ0n) is 10.3. The monoisotopic (exact) mass is 305 g/mol. The van der Waals surface area contributed by atoms with Gasteiger partial charge in [0.25, 0.3) is 0 Å². The molecule has 2 aromatic heterocycles. The molecule has 0 aliphatic rings. The van der Waals surface area contributed by atoms with Crippen molar-refractivity contribution in [2.24, 2.45) is 0 Å². The van der Waals surface area contributed by atoms with Gasteiger partial charge < -0.3 is 5.11 Å². The molecule has 2 heterocycles. The number of hydrogen-bond acceptors (Lipinski definition) is 4. The minimum atomic E-state index is -4.53. The molecule has 0 radical (unpaired) electrons. The van der Waals surface area contributed by atoms with Crippen molar-refractivity contribution in [2.45, 2.75) is 29.8 Å². The van der Waals surface area contributed by atoms with E-state index in [1.54, 1.807) is 6.92 Å². The fourth-order valence-electron chi connectivity index (χ4n) is 1.61. The second-order valence-electron chi connectivity index (χ2n) is 4.12. The molecule has 0 bridgehead atoms. The van der Waals surface area contributed by atoms with E-state index < -0.39 is 17.8 Å². The first-order valence-electron chi connectivity index (χ1n) is 5.57. The van der Waals surface area contributed by atoms with Crippen LogP contribution in [-0.2, 0) is 11.0 Å². The van der Waals surface area contributed by atoms with Crippen LogP contribution in [0.4, 0.5) is 13.2 Å². The van der Waals surface area contributed by atoms with Crippen LogP contribution in [0.15, 0.2) is 23.5 Å². The van der Waals surface area contributed by atoms with E-state index in [-0.39, 0.29) is 17.2 Å². The van der Waals surface area contributed by atoms with Gasteiger partial charge in [0.15, 0.2) is 5.69 Å². The van der Waals surface area contributed by atoms with E-state index in [1.807, 2.05) is 0 Å². The lowest BCUT2D eigenvalue weighted by Gasteiger charge is -2.08. The van der Waals surface area contributed by atoms with Gasteiger partial charge in [0.2, 0.25) is 0 Å². The molecule has 2 rings (SSSR count). The third kappa shape index (κ3) is 3.21. The van der Waals surface area contributed by atoms with E-state index >= 15 is 0 Å². The maximum Gasteiger partial charge on any atom is 0.435 e. The summed E-state index contributed by atoms with van der Waals surface area (Å²) in [6.07, 6.45) is -1.99. The molecule has 1 unspecified atom stereocenters. The van der Waals surface area contributed by atoms with Gasteiger partial charge >= 0.3 is 12.1 Å². The van der Waals surface area contributed by atoms with Crippen LogP contribution < -0.4 is 0 Å². The van der Waals surface area contributed by atoms with Crippen molar-refractivity contribution >= 4 is 23.2 Å². The fraction of sp³-hybridized carbons (Fsp3) is 0.364.